The first-order valence-corrected chi connectivity index (χ1v) is 9.24. The number of hydrogen-bond acceptors (Lipinski definition) is 9. The van der Waals surface area contributed by atoms with Gasteiger partial charge in [0, 0.05) is 30.9 Å². The van der Waals surface area contributed by atoms with E-state index in [0.717, 1.165) is 25.7 Å². The molecule has 0 spiro atoms. The van der Waals surface area contributed by atoms with Crippen LogP contribution in [0.25, 0.3) is 11.0 Å². The number of hydrogen-bond donors (Lipinski definition) is 1. The lowest BCUT2D eigenvalue weighted by atomic mass is 10.1. The molecule has 2 aromatic carbocycles. The lowest BCUT2D eigenvalue weighted by Gasteiger charge is -2.23. The fourth-order valence-corrected chi connectivity index (χ4v) is 3.60. The lowest BCUT2D eigenvalue weighted by Crippen LogP contribution is -2.25. The zero-order valence-corrected chi connectivity index (χ0v) is 15.4. The van der Waals surface area contributed by atoms with Crippen molar-refractivity contribution in [1.29, 1.82) is 0 Å². The van der Waals surface area contributed by atoms with E-state index in [1.54, 1.807) is 18.2 Å². The third kappa shape index (κ3) is 3.66. The van der Waals surface area contributed by atoms with Crippen LogP contribution in [0.3, 0.4) is 0 Å². The summed E-state index contributed by atoms with van der Waals surface area (Å²) in [6, 6.07) is 7.64. The second kappa shape index (κ2) is 7.70. The largest absolute Gasteiger partial charge is 0.366 e. The number of nitrogens with zero attached hydrogens (tertiary/aromatic N) is 5. The molecule has 11 heteroatoms. The van der Waals surface area contributed by atoms with Crippen LogP contribution in [-0.2, 0) is 0 Å². The van der Waals surface area contributed by atoms with Gasteiger partial charge in [-0.15, -0.1) is 0 Å². The maximum absolute atomic E-state index is 11.8. The molecule has 0 saturated carbocycles. The summed E-state index contributed by atoms with van der Waals surface area (Å²) in [5.74, 6) is 0. The molecule has 0 aliphatic carbocycles. The van der Waals surface area contributed by atoms with Gasteiger partial charge < -0.3 is 10.2 Å². The number of fused-ring (bicyclic) bond motifs is 1. The predicted octanol–water partition coefficient (Wildman–Crippen LogP) is 4.16. The van der Waals surface area contributed by atoms with Gasteiger partial charge in [0.2, 0.25) is 5.52 Å². The van der Waals surface area contributed by atoms with Gasteiger partial charge in [0.1, 0.15) is 5.69 Å². The van der Waals surface area contributed by atoms with Gasteiger partial charge in [-0.3, -0.25) is 20.2 Å². The van der Waals surface area contributed by atoms with E-state index in [1.807, 2.05) is 4.90 Å². The van der Waals surface area contributed by atoms with Crippen LogP contribution >= 0.6 is 0 Å². The standard InChI is InChI=1S/C18H18N6O5/c25-23(26)13-7-5-6-12(10-13)19-14-11-15(22-8-3-1-2-4-9-22)18(24(27)28)17-16(14)20-29-21-17/h5-7,10-11,19H,1-4,8-9H2. The van der Waals surface area contributed by atoms with Crippen molar-refractivity contribution in [2.24, 2.45) is 0 Å². The van der Waals surface area contributed by atoms with Gasteiger partial charge in [-0.1, -0.05) is 18.9 Å². The van der Waals surface area contributed by atoms with Crippen molar-refractivity contribution in [1.82, 2.24) is 10.3 Å². The molecule has 0 unspecified atom stereocenters. The first kappa shape index (κ1) is 18.6. The van der Waals surface area contributed by atoms with Crippen molar-refractivity contribution in [2.45, 2.75) is 25.7 Å². The lowest BCUT2D eigenvalue weighted by molar-refractivity contribution is -0.384. The minimum atomic E-state index is -0.489. The van der Waals surface area contributed by atoms with E-state index in [-0.39, 0.29) is 22.4 Å². The summed E-state index contributed by atoms with van der Waals surface area (Å²) in [7, 11) is 0. The highest BCUT2D eigenvalue weighted by molar-refractivity contribution is 6.00. The molecule has 2 heterocycles. The summed E-state index contributed by atoms with van der Waals surface area (Å²) >= 11 is 0. The van der Waals surface area contributed by atoms with Crippen LogP contribution in [-0.4, -0.2) is 33.2 Å². The summed E-state index contributed by atoms with van der Waals surface area (Å²) in [4.78, 5) is 23.9. The van der Waals surface area contributed by atoms with Crippen molar-refractivity contribution in [3.8, 4) is 0 Å². The monoisotopic (exact) mass is 398 g/mol. The number of anilines is 3. The molecule has 1 aliphatic rings. The number of nitrogens with one attached hydrogen (secondary N) is 1. The Morgan fingerprint density at radius 3 is 2.38 bits per heavy atom. The Morgan fingerprint density at radius 2 is 1.69 bits per heavy atom. The summed E-state index contributed by atoms with van der Waals surface area (Å²) in [5.41, 5.74) is 1.36. The SMILES string of the molecule is O=[N+]([O-])c1cccc(Nc2cc(N3CCCCCC3)c([N+](=O)[O-])c3nonc23)c1. The number of benzene rings is 2. The Morgan fingerprint density at radius 1 is 0.966 bits per heavy atom. The Hall–Kier alpha value is -3.76. The molecule has 29 heavy (non-hydrogen) atoms. The molecule has 150 valence electrons. The van der Waals surface area contributed by atoms with Gasteiger partial charge in [-0.2, -0.15) is 0 Å². The Bertz CT molecular complexity index is 1070. The van der Waals surface area contributed by atoms with Crippen LogP contribution in [0.1, 0.15) is 25.7 Å². The van der Waals surface area contributed by atoms with Crippen LogP contribution in [0.2, 0.25) is 0 Å². The van der Waals surface area contributed by atoms with Gasteiger partial charge >= 0.3 is 5.69 Å². The van der Waals surface area contributed by atoms with E-state index in [0.29, 0.717) is 30.2 Å². The van der Waals surface area contributed by atoms with Crippen LogP contribution in [0.5, 0.6) is 0 Å². The second-order valence-corrected chi connectivity index (χ2v) is 6.84. The van der Waals surface area contributed by atoms with Crippen molar-refractivity contribution < 1.29 is 14.5 Å². The molecule has 1 saturated heterocycles. The fraction of sp³-hybridized carbons (Fsp3) is 0.333. The van der Waals surface area contributed by atoms with Crippen LogP contribution in [0, 0.1) is 20.2 Å². The van der Waals surface area contributed by atoms with Crippen molar-refractivity contribution in [3.05, 3.63) is 50.6 Å². The first-order valence-electron chi connectivity index (χ1n) is 9.24. The summed E-state index contributed by atoms with van der Waals surface area (Å²) in [6.45, 7) is 1.40. The van der Waals surface area contributed by atoms with Crippen molar-refractivity contribution in [3.63, 3.8) is 0 Å². The molecule has 4 rings (SSSR count). The fourth-order valence-electron chi connectivity index (χ4n) is 3.60. The minimum absolute atomic E-state index is 0.0460. The third-order valence-corrected chi connectivity index (χ3v) is 4.96. The second-order valence-electron chi connectivity index (χ2n) is 6.84. The molecule has 11 nitrogen and oxygen atoms in total. The van der Waals surface area contributed by atoms with E-state index in [4.69, 9.17) is 4.63 Å². The Labute approximate surface area is 164 Å². The zero-order valence-electron chi connectivity index (χ0n) is 15.4. The van der Waals surface area contributed by atoms with E-state index in [2.05, 4.69) is 15.6 Å². The molecule has 1 aliphatic heterocycles. The van der Waals surface area contributed by atoms with Gasteiger partial charge in [-0.05, 0) is 35.3 Å². The highest BCUT2D eigenvalue weighted by atomic mass is 16.6. The van der Waals surface area contributed by atoms with Gasteiger partial charge in [-0.25, -0.2) is 4.63 Å². The molecular weight excluding hydrogens is 380 g/mol. The van der Waals surface area contributed by atoms with Crippen LogP contribution < -0.4 is 10.2 Å². The summed E-state index contributed by atoms with van der Waals surface area (Å²) in [6.07, 6.45) is 4.05. The molecule has 1 aromatic heterocycles. The molecule has 3 aromatic rings. The molecule has 1 N–H and O–H groups in total. The maximum atomic E-state index is 11.8. The normalized spacial score (nSPS) is 14.6. The molecule has 0 bridgehead atoms. The van der Waals surface area contributed by atoms with E-state index in [9.17, 15) is 20.2 Å². The topological polar surface area (TPSA) is 140 Å². The quantitative estimate of drug-likeness (QED) is 0.495. The number of nitro benzene ring substituents is 2. The van der Waals surface area contributed by atoms with E-state index >= 15 is 0 Å². The Balaban J connectivity index is 1.83. The minimum Gasteiger partial charge on any atom is -0.366 e. The average molecular weight is 398 g/mol. The number of aromatic nitrogens is 2. The third-order valence-electron chi connectivity index (χ3n) is 4.96. The highest BCUT2D eigenvalue weighted by Crippen LogP contribution is 2.40. The molecule has 0 atom stereocenters. The van der Waals surface area contributed by atoms with E-state index in [1.165, 1.54) is 12.1 Å². The zero-order chi connectivity index (χ0) is 20.4. The summed E-state index contributed by atoms with van der Waals surface area (Å²) in [5, 5.41) is 33.5. The molecule has 0 radical (unpaired) electrons. The molecule has 0 amide bonds. The number of nitro groups is 2. The van der Waals surface area contributed by atoms with Crippen LogP contribution in [0.15, 0.2) is 35.0 Å². The van der Waals surface area contributed by atoms with E-state index < -0.39 is 9.85 Å². The number of rotatable bonds is 5. The predicted molar refractivity (Wildman–Crippen MR) is 106 cm³/mol. The smallest absolute Gasteiger partial charge is 0.323 e. The molecule has 1 fully saturated rings. The Kier molecular flexibility index (Phi) is 4.94. The molecular formula is C18H18N6O5. The van der Waals surface area contributed by atoms with Gasteiger partial charge in [0.05, 0.1) is 15.5 Å². The number of non-ortho nitro benzene ring substituents is 1. The highest BCUT2D eigenvalue weighted by Gasteiger charge is 2.29. The van der Waals surface area contributed by atoms with Crippen molar-refractivity contribution in [2.75, 3.05) is 23.3 Å². The van der Waals surface area contributed by atoms with Gasteiger partial charge in [0.15, 0.2) is 5.52 Å². The summed E-state index contributed by atoms with van der Waals surface area (Å²) < 4.78 is 4.79. The van der Waals surface area contributed by atoms with Crippen molar-refractivity contribution >= 4 is 39.5 Å². The average Bonchev–Trinajstić information content (AvgIpc) is 3.02. The van der Waals surface area contributed by atoms with Gasteiger partial charge in [0.25, 0.3) is 5.69 Å². The first-order chi connectivity index (χ1) is 14.0. The maximum Gasteiger partial charge on any atom is 0.323 e. The van der Waals surface area contributed by atoms with Crippen LogP contribution in [0.4, 0.5) is 28.4 Å².